The average Bonchev–Trinajstić information content (AvgIpc) is 3.14. The van der Waals surface area contributed by atoms with Gasteiger partial charge in [-0.2, -0.15) is 9.61 Å². The molecule has 0 saturated carbocycles. The Hall–Kier alpha value is -1.62. The van der Waals surface area contributed by atoms with Crippen molar-refractivity contribution in [1.82, 2.24) is 19.5 Å². The van der Waals surface area contributed by atoms with Gasteiger partial charge in [0.1, 0.15) is 5.82 Å². The van der Waals surface area contributed by atoms with Gasteiger partial charge in [-0.15, -0.1) is 0 Å². The van der Waals surface area contributed by atoms with Crippen molar-refractivity contribution in [3.05, 3.63) is 23.5 Å². The Kier molecular flexibility index (Phi) is 4.85. The quantitative estimate of drug-likeness (QED) is 0.887. The molecule has 5 heteroatoms. The lowest BCUT2D eigenvalue weighted by Crippen LogP contribution is -2.31. The molecule has 0 radical (unpaired) electrons. The lowest BCUT2D eigenvalue weighted by Gasteiger charge is -2.24. The summed E-state index contributed by atoms with van der Waals surface area (Å²) in [6.07, 6.45) is 3.86. The van der Waals surface area contributed by atoms with Crippen LogP contribution in [0.3, 0.4) is 0 Å². The van der Waals surface area contributed by atoms with E-state index in [1.54, 1.807) is 0 Å². The second-order valence-electron chi connectivity index (χ2n) is 7.08. The van der Waals surface area contributed by atoms with E-state index in [0.717, 1.165) is 35.8 Å². The fraction of sp³-hybridized carbons (Fsp3) is 0.667. The molecule has 1 atom stereocenters. The van der Waals surface area contributed by atoms with Crippen LogP contribution in [0.4, 0.5) is 5.82 Å². The minimum Gasteiger partial charge on any atom is -0.370 e. The van der Waals surface area contributed by atoms with Crippen molar-refractivity contribution < 1.29 is 0 Å². The topological polar surface area (TPSA) is 45.5 Å². The summed E-state index contributed by atoms with van der Waals surface area (Å²) in [5, 5.41) is 8.15. The molecule has 5 nitrogen and oxygen atoms in total. The molecule has 0 amide bonds. The summed E-state index contributed by atoms with van der Waals surface area (Å²) in [6.45, 7) is 12.2. The molecule has 0 spiro atoms. The van der Waals surface area contributed by atoms with Crippen molar-refractivity contribution in [1.29, 1.82) is 0 Å². The van der Waals surface area contributed by atoms with E-state index >= 15 is 0 Å². The first kappa shape index (κ1) is 16.2. The molecular weight excluding hydrogens is 286 g/mol. The molecule has 0 aliphatic carbocycles. The summed E-state index contributed by atoms with van der Waals surface area (Å²) in [5.74, 6) is 1.47. The van der Waals surface area contributed by atoms with Crippen LogP contribution in [0.5, 0.6) is 0 Å². The second-order valence-corrected chi connectivity index (χ2v) is 7.08. The Morgan fingerprint density at radius 1 is 1.17 bits per heavy atom. The normalized spacial score (nSPS) is 17.3. The minimum absolute atomic E-state index is 0.416. The first-order chi connectivity index (χ1) is 11.0. The van der Waals surface area contributed by atoms with E-state index in [4.69, 9.17) is 4.98 Å². The van der Waals surface area contributed by atoms with E-state index in [1.807, 2.05) is 17.5 Å². The van der Waals surface area contributed by atoms with Crippen molar-refractivity contribution in [2.75, 3.05) is 25.0 Å². The van der Waals surface area contributed by atoms with Crippen molar-refractivity contribution in [2.24, 2.45) is 0 Å². The summed E-state index contributed by atoms with van der Waals surface area (Å²) < 4.78 is 1.93. The number of fused-ring (bicyclic) bond motifs is 1. The maximum Gasteiger partial charge on any atom is 0.157 e. The molecule has 2 aromatic rings. The number of aromatic nitrogens is 3. The Labute approximate surface area is 139 Å². The zero-order chi connectivity index (χ0) is 16.4. The molecule has 1 fully saturated rings. The van der Waals surface area contributed by atoms with E-state index in [9.17, 15) is 0 Å². The number of hydrogen-bond acceptors (Lipinski definition) is 4. The largest absolute Gasteiger partial charge is 0.370 e. The molecule has 2 aromatic heterocycles. The first-order valence-electron chi connectivity index (χ1n) is 8.90. The molecule has 3 rings (SSSR count). The number of anilines is 1. The Balaban J connectivity index is 1.70. The maximum absolute atomic E-state index is 4.71. The van der Waals surface area contributed by atoms with Gasteiger partial charge in [-0.1, -0.05) is 13.8 Å². The van der Waals surface area contributed by atoms with Crippen LogP contribution in [0.1, 0.15) is 57.3 Å². The fourth-order valence-corrected chi connectivity index (χ4v) is 3.30. The van der Waals surface area contributed by atoms with E-state index in [1.165, 1.54) is 25.9 Å². The predicted molar refractivity (Wildman–Crippen MR) is 95.2 cm³/mol. The molecular formula is C18H29N5. The van der Waals surface area contributed by atoms with E-state index in [0.29, 0.717) is 12.0 Å². The maximum atomic E-state index is 4.71. The molecule has 1 aliphatic rings. The fourth-order valence-electron chi connectivity index (χ4n) is 3.30. The minimum atomic E-state index is 0.416. The van der Waals surface area contributed by atoms with Crippen molar-refractivity contribution in [3.8, 4) is 0 Å². The zero-order valence-corrected chi connectivity index (χ0v) is 14.8. The smallest absolute Gasteiger partial charge is 0.157 e. The molecule has 0 bridgehead atoms. The number of nitrogens with zero attached hydrogens (tertiary/aromatic N) is 4. The molecule has 1 aliphatic heterocycles. The third kappa shape index (κ3) is 3.66. The summed E-state index contributed by atoms with van der Waals surface area (Å²) in [4.78, 5) is 7.31. The van der Waals surface area contributed by atoms with Gasteiger partial charge in [-0.05, 0) is 52.1 Å². The summed E-state index contributed by atoms with van der Waals surface area (Å²) in [7, 11) is 0. The predicted octanol–water partition coefficient (Wildman–Crippen LogP) is 3.45. The second kappa shape index (κ2) is 6.87. The van der Waals surface area contributed by atoms with Gasteiger partial charge in [0.05, 0.1) is 5.69 Å². The van der Waals surface area contributed by atoms with Crippen LogP contribution in [0.2, 0.25) is 0 Å². The van der Waals surface area contributed by atoms with Crippen molar-refractivity contribution >= 4 is 11.5 Å². The van der Waals surface area contributed by atoms with Crippen molar-refractivity contribution in [3.63, 3.8) is 0 Å². The highest BCUT2D eigenvalue weighted by Gasteiger charge is 2.17. The van der Waals surface area contributed by atoms with Gasteiger partial charge >= 0.3 is 0 Å². The zero-order valence-electron chi connectivity index (χ0n) is 14.8. The summed E-state index contributed by atoms with van der Waals surface area (Å²) in [5.41, 5.74) is 3.06. The average molecular weight is 315 g/mol. The van der Waals surface area contributed by atoms with Gasteiger partial charge < -0.3 is 10.2 Å². The van der Waals surface area contributed by atoms with Crippen LogP contribution >= 0.6 is 0 Å². The number of likely N-dealkylation sites (tertiary alicyclic amines) is 1. The summed E-state index contributed by atoms with van der Waals surface area (Å²) in [6, 6.07) is 4.83. The van der Waals surface area contributed by atoms with Crippen LogP contribution in [-0.2, 0) is 0 Å². The third-order valence-corrected chi connectivity index (χ3v) is 4.79. The SMILES string of the molecule is Cc1cc2nc(C(C)C)cc(NCC[C@H](C)N3CCCC3)n2n1. The molecule has 1 N–H and O–H groups in total. The van der Waals surface area contributed by atoms with Gasteiger partial charge in [0.15, 0.2) is 5.65 Å². The van der Waals surface area contributed by atoms with Gasteiger partial charge in [-0.3, -0.25) is 0 Å². The lowest BCUT2D eigenvalue weighted by atomic mass is 10.1. The Morgan fingerprint density at radius 3 is 2.61 bits per heavy atom. The van der Waals surface area contributed by atoms with E-state index < -0.39 is 0 Å². The van der Waals surface area contributed by atoms with Crippen LogP contribution in [0.25, 0.3) is 5.65 Å². The lowest BCUT2D eigenvalue weighted by molar-refractivity contribution is 0.251. The molecule has 0 unspecified atom stereocenters. The number of aryl methyl sites for hydroxylation is 1. The van der Waals surface area contributed by atoms with E-state index in [-0.39, 0.29) is 0 Å². The van der Waals surface area contributed by atoms with Gasteiger partial charge in [0.25, 0.3) is 0 Å². The molecule has 3 heterocycles. The summed E-state index contributed by atoms with van der Waals surface area (Å²) >= 11 is 0. The highest BCUT2D eigenvalue weighted by molar-refractivity contribution is 5.50. The van der Waals surface area contributed by atoms with Gasteiger partial charge in [-0.25, -0.2) is 4.98 Å². The first-order valence-corrected chi connectivity index (χ1v) is 8.90. The number of rotatable bonds is 6. The highest BCUT2D eigenvalue weighted by atomic mass is 15.3. The van der Waals surface area contributed by atoms with Crippen LogP contribution in [0.15, 0.2) is 12.1 Å². The van der Waals surface area contributed by atoms with Gasteiger partial charge in [0, 0.05) is 30.4 Å². The Morgan fingerprint density at radius 2 is 1.91 bits per heavy atom. The number of hydrogen-bond donors (Lipinski definition) is 1. The van der Waals surface area contributed by atoms with Gasteiger partial charge in [0.2, 0.25) is 0 Å². The third-order valence-electron chi connectivity index (χ3n) is 4.79. The molecule has 0 aromatic carbocycles. The number of nitrogens with one attached hydrogen (secondary N) is 1. The highest BCUT2D eigenvalue weighted by Crippen LogP contribution is 2.20. The van der Waals surface area contributed by atoms with Crippen molar-refractivity contribution in [2.45, 2.75) is 58.9 Å². The molecule has 23 heavy (non-hydrogen) atoms. The van der Waals surface area contributed by atoms with E-state index in [2.05, 4.69) is 42.2 Å². The van der Waals surface area contributed by atoms with Crippen LogP contribution < -0.4 is 5.32 Å². The van der Waals surface area contributed by atoms with Crippen LogP contribution in [-0.4, -0.2) is 45.2 Å². The monoisotopic (exact) mass is 315 g/mol. The molecule has 126 valence electrons. The Bertz CT molecular complexity index is 655. The standard InChI is InChI=1S/C18H29N5/c1-13(2)16-12-17(23-18(20-16)11-14(3)21-23)19-8-7-15(4)22-9-5-6-10-22/h11-13,15,19H,5-10H2,1-4H3/t15-/m0/s1. The van der Waals surface area contributed by atoms with Crippen LogP contribution in [0, 0.1) is 6.92 Å². The molecule has 1 saturated heterocycles.